The van der Waals surface area contributed by atoms with Crippen molar-refractivity contribution < 1.29 is 4.74 Å². The van der Waals surface area contributed by atoms with Crippen LogP contribution >= 0.6 is 11.6 Å². The Morgan fingerprint density at radius 1 is 1.90 bits per heavy atom. The third-order valence-corrected chi connectivity index (χ3v) is 1.72. The maximum Gasteiger partial charge on any atom is 0.0685 e. The average Bonchev–Trinajstić information content (AvgIpc) is 1.88. The number of rotatable bonds is 2. The standard InChI is InChI=1S/C7H12ClNO/c1-10-5-6-2-7(8)4-9-3-6/h2,7,9H,3-5H2,1H3. The van der Waals surface area contributed by atoms with Gasteiger partial charge in [0.05, 0.1) is 12.0 Å². The van der Waals surface area contributed by atoms with Gasteiger partial charge < -0.3 is 10.1 Å². The van der Waals surface area contributed by atoms with Gasteiger partial charge >= 0.3 is 0 Å². The fourth-order valence-corrected chi connectivity index (χ4v) is 1.32. The zero-order valence-corrected chi connectivity index (χ0v) is 6.82. The molecule has 0 aromatic heterocycles. The van der Waals surface area contributed by atoms with Crippen LogP contribution in [-0.4, -0.2) is 32.2 Å². The fourth-order valence-electron chi connectivity index (χ4n) is 1.03. The molecule has 0 aromatic rings. The van der Waals surface area contributed by atoms with Gasteiger partial charge in [-0.25, -0.2) is 0 Å². The Kier molecular flexibility index (Phi) is 3.19. The van der Waals surface area contributed by atoms with E-state index in [2.05, 4.69) is 11.4 Å². The Hall–Kier alpha value is -0.0500. The molecular formula is C7H12ClNO. The summed E-state index contributed by atoms with van der Waals surface area (Å²) in [5.41, 5.74) is 1.24. The third-order valence-electron chi connectivity index (χ3n) is 1.44. The Balaban J connectivity index is 2.41. The molecule has 10 heavy (non-hydrogen) atoms. The van der Waals surface area contributed by atoms with E-state index in [1.165, 1.54) is 5.57 Å². The highest BCUT2D eigenvalue weighted by atomic mass is 35.5. The van der Waals surface area contributed by atoms with Gasteiger partial charge in [0.15, 0.2) is 0 Å². The van der Waals surface area contributed by atoms with E-state index < -0.39 is 0 Å². The van der Waals surface area contributed by atoms with E-state index >= 15 is 0 Å². The van der Waals surface area contributed by atoms with E-state index in [-0.39, 0.29) is 5.38 Å². The Bertz CT molecular complexity index is 136. The zero-order chi connectivity index (χ0) is 7.40. The molecule has 0 radical (unpaired) electrons. The summed E-state index contributed by atoms with van der Waals surface area (Å²) in [5.74, 6) is 0. The lowest BCUT2D eigenvalue weighted by Gasteiger charge is -2.16. The number of halogens is 1. The first-order valence-corrected chi connectivity index (χ1v) is 3.80. The van der Waals surface area contributed by atoms with Crippen molar-refractivity contribution in [2.45, 2.75) is 5.38 Å². The smallest absolute Gasteiger partial charge is 0.0685 e. The lowest BCUT2D eigenvalue weighted by Crippen LogP contribution is -2.30. The molecule has 0 amide bonds. The van der Waals surface area contributed by atoms with Gasteiger partial charge in [-0.1, -0.05) is 6.08 Å². The summed E-state index contributed by atoms with van der Waals surface area (Å²) in [6, 6.07) is 0. The number of nitrogens with one attached hydrogen (secondary N) is 1. The topological polar surface area (TPSA) is 21.3 Å². The van der Waals surface area contributed by atoms with Gasteiger partial charge in [0.2, 0.25) is 0 Å². The van der Waals surface area contributed by atoms with Crippen LogP contribution in [0.15, 0.2) is 11.6 Å². The number of hydrogen-bond donors (Lipinski definition) is 1. The quantitative estimate of drug-likeness (QED) is 0.477. The van der Waals surface area contributed by atoms with Crippen molar-refractivity contribution >= 4 is 11.6 Å². The SMILES string of the molecule is COCC1=CC(Cl)CNC1. The first kappa shape index (κ1) is 8.05. The van der Waals surface area contributed by atoms with Crippen LogP contribution in [0.3, 0.4) is 0 Å². The molecule has 0 saturated carbocycles. The molecule has 1 atom stereocenters. The molecule has 0 fully saturated rings. The second-order valence-corrected chi connectivity index (χ2v) is 2.97. The first-order chi connectivity index (χ1) is 4.83. The Morgan fingerprint density at radius 3 is 3.30 bits per heavy atom. The first-order valence-electron chi connectivity index (χ1n) is 3.36. The molecule has 58 valence electrons. The van der Waals surface area contributed by atoms with Crippen LogP contribution in [0.5, 0.6) is 0 Å². The van der Waals surface area contributed by atoms with Crippen molar-refractivity contribution in [3.63, 3.8) is 0 Å². The third kappa shape index (κ3) is 2.29. The van der Waals surface area contributed by atoms with E-state index in [0.717, 1.165) is 13.1 Å². The second kappa shape index (κ2) is 3.96. The van der Waals surface area contributed by atoms with Crippen LogP contribution in [-0.2, 0) is 4.74 Å². The second-order valence-electron chi connectivity index (χ2n) is 2.40. The number of ether oxygens (including phenoxy) is 1. The lowest BCUT2D eigenvalue weighted by molar-refractivity contribution is 0.222. The number of alkyl halides is 1. The predicted octanol–water partition coefficient (Wildman–Crippen LogP) is 0.770. The van der Waals surface area contributed by atoms with Crippen LogP contribution in [0.1, 0.15) is 0 Å². The van der Waals surface area contributed by atoms with Gasteiger partial charge in [-0.2, -0.15) is 0 Å². The number of hydrogen-bond acceptors (Lipinski definition) is 2. The molecule has 2 nitrogen and oxygen atoms in total. The van der Waals surface area contributed by atoms with Gasteiger partial charge in [-0.3, -0.25) is 0 Å². The highest BCUT2D eigenvalue weighted by Gasteiger charge is 2.08. The minimum Gasteiger partial charge on any atom is -0.380 e. The van der Waals surface area contributed by atoms with Crippen LogP contribution in [0.25, 0.3) is 0 Å². The Labute approximate surface area is 66.2 Å². The molecule has 0 aromatic carbocycles. The van der Waals surface area contributed by atoms with Crippen LogP contribution in [0.2, 0.25) is 0 Å². The minimum atomic E-state index is 0.138. The van der Waals surface area contributed by atoms with E-state index in [4.69, 9.17) is 16.3 Å². The molecule has 1 unspecified atom stereocenters. The van der Waals surface area contributed by atoms with Crippen LogP contribution in [0, 0.1) is 0 Å². The zero-order valence-electron chi connectivity index (χ0n) is 6.06. The highest BCUT2D eigenvalue weighted by Crippen LogP contribution is 2.06. The van der Waals surface area contributed by atoms with Crippen molar-refractivity contribution in [3.8, 4) is 0 Å². The predicted molar refractivity (Wildman–Crippen MR) is 42.5 cm³/mol. The van der Waals surface area contributed by atoms with Gasteiger partial charge in [-0.15, -0.1) is 11.6 Å². The molecule has 0 spiro atoms. The van der Waals surface area contributed by atoms with Crippen molar-refractivity contribution in [3.05, 3.63) is 11.6 Å². The van der Waals surface area contributed by atoms with Crippen LogP contribution in [0.4, 0.5) is 0 Å². The maximum atomic E-state index is 5.85. The molecule has 1 rings (SSSR count). The molecule has 0 saturated heterocycles. The molecule has 3 heteroatoms. The largest absolute Gasteiger partial charge is 0.380 e. The normalized spacial score (nSPS) is 26.2. The van der Waals surface area contributed by atoms with Crippen molar-refractivity contribution in [2.24, 2.45) is 0 Å². The van der Waals surface area contributed by atoms with Crippen LogP contribution < -0.4 is 5.32 Å². The van der Waals surface area contributed by atoms with Gasteiger partial charge in [0, 0.05) is 20.2 Å². The van der Waals surface area contributed by atoms with Gasteiger partial charge in [0.25, 0.3) is 0 Å². The maximum absolute atomic E-state index is 5.85. The monoisotopic (exact) mass is 161 g/mol. The fraction of sp³-hybridized carbons (Fsp3) is 0.714. The molecule has 1 aliphatic rings. The highest BCUT2D eigenvalue weighted by molar-refractivity contribution is 6.22. The molecule has 0 aliphatic carbocycles. The summed E-state index contributed by atoms with van der Waals surface area (Å²) in [5, 5.41) is 3.33. The van der Waals surface area contributed by atoms with Crippen molar-refractivity contribution in [1.82, 2.24) is 5.32 Å². The molecule has 1 heterocycles. The van der Waals surface area contributed by atoms with Crippen molar-refractivity contribution in [2.75, 3.05) is 26.8 Å². The molecule has 0 bridgehead atoms. The Morgan fingerprint density at radius 2 is 2.70 bits per heavy atom. The summed E-state index contributed by atoms with van der Waals surface area (Å²) in [4.78, 5) is 0. The minimum absolute atomic E-state index is 0.138. The lowest BCUT2D eigenvalue weighted by atomic mass is 10.1. The van der Waals surface area contributed by atoms with Gasteiger partial charge in [-0.05, 0) is 5.57 Å². The van der Waals surface area contributed by atoms with E-state index in [1.807, 2.05) is 0 Å². The van der Waals surface area contributed by atoms with Gasteiger partial charge in [0.1, 0.15) is 0 Å². The van der Waals surface area contributed by atoms with E-state index in [0.29, 0.717) is 6.61 Å². The summed E-state index contributed by atoms with van der Waals surface area (Å²) in [6.45, 7) is 2.47. The summed E-state index contributed by atoms with van der Waals surface area (Å²) in [7, 11) is 1.69. The van der Waals surface area contributed by atoms with E-state index in [9.17, 15) is 0 Å². The van der Waals surface area contributed by atoms with E-state index in [1.54, 1.807) is 7.11 Å². The summed E-state index contributed by atoms with van der Waals surface area (Å²) in [6.07, 6.45) is 2.06. The molecular weight excluding hydrogens is 150 g/mol. The molecule has 1 aliphatic heterocycles. The van der Waals surface area contributed by atoms with Crippen molar-refractivity contribution in [1.29, 1.82) is 0 Å². The summed E-state index contributed by atoms with van der Waals surface area (Å²) < 4.78 is 4.96. The average molecular weight is 162 g/mol. The number of methoxy groups -OCH3 is 1. The molecule has 1 N–H and O–H groups in total. The summed E-state index contributed by atoms with van der Waals surface area (Å²) >= 11 is 5.85.